The second kappa shape index (κ2) is 7.99. The summed E-state index contributed by atoms with van der Waals surface area (Å²) in [6.07, 6.45) is -0.982. The summed E-state index contributed by atoms with van der Waals surface area (Å²) < 4.78 is 7.38. The largest absolute Gasteiger partial charge is 0.451 e. The Bertz CT molecular complexity index is 942. The molecule has 140 valence electrons. The summed E-state index contributed by atoms with van der Waals surface area (Å²) >= 11 is 0. The first-order valence-corrected chi connectivity index (χ1v) is 8.48. The number of esters is 1. The molecule has 8 heteroatoms. The van der Waals surface area contributed by atoms with Crippen LogP contribution in [0.4, 0.5) is 0 Å². The Kier molecular flexibility index (Phi) is 5.97. The first-order valence-electron chi connectivity index (χ1n) is 8.48. The van der Waals surface area contributed by atoms with E-state index in [1.165, 1.54) is 11.5 Å². The summed E-state index contributed by atoms with van der Waals surface area (Å²) in [6, 6.07) is 6.49. The van der Waals surface area contributed by atoms with Gasteiger partial charge in [-0.15, -0.1) is 0 Å². The van der Waals surface area contributed by atoms with Gasteiger partial charge >= 0.3 is 11.7 Å². The Morgan fingerprint density at radius 1 is 1.12 bits per heavy atom. The molecule has 1 atom stereocenters. The van der Waals surface area contributed by atoms with E-state index in [0.717, 1.165) is 4.57 Å². The fourth-order valence-electron chi connectivity index (χ4n) is 2.62. The topological polar surface area (TPSA) is 99.4 Å². The van der Waals surface area contributed by atoms with Gasteiger partial charge < -0.3 is 10.1 Å². The number of benzene rings is 1. The average Bonchev–Trinajstić information content (AvgIpc) is 2.58. The molecule has 0 fully saturated rings. The molecule has 1 N–H and O–H groups in total. The highest BCUT2D eigenvalue weighted by Crippen LogP contribution is 2.08. The molecule has 1 heterocycles. The van der Waals surface area contributed by atoms with Gasteiger partial charge in [-0.3, -0.25) is 23.5 Å². The van der Waals surface area contributed by atoms with Crippen LogP contribution in [0.15, 0.2) is 33.9 Å². The Balaban J connectivity index is 2.33. The summed E-state index contributed by atoms with van der Waals surface area (Å²) in [7, 11) is 0. The van der Waals surface area contributed by atoms with Crippen LogP contribution in [0.5, 0.6) is 0 Å². The van der Waals surface area contributed by atoms with E-state index < -0.39 is 29.2 Å². The highest BCUT2D eigenvalue weighted by atomic mass is 16.5. The molecule has 0 aliphatic carbocycles. The van der Waals surface area contributed by atoms with Gasteiger partial charge in [0.25, 0.3) is 11.5 Å². The standard InChI is InChI=1S/C18H23N3O5/c1-5-20-17(24)13-8-6-7-9-14(13)21(18(20)25)10-15(22)26-12(4)16(23)19-11(2)3/h6-9,11-12H,5,10H2,1-4H3,(H,19,23). The average molecular weight is 361 g/mol. The smallest absolute Gasteiger partial charge is 0.332 e. The van der Waals surface area contributed by atoms with E-state index in [4.69, 9.17) is 4.74 Å². The van der Waals surface area contributed by atoms with Gasteiger partial charge in [-0.1, -0.05) is 12.1 Å². The van der Waals surface area contributed by atoms with E-state index in [2.05, 4.69) is 5.32 Å². The predicted molar refractivity (Wildman–Crippen MR) is 97.0 cm³/mol. The Morgan fingerprint density at radius 3 is 2.38 bits per heavy atom. The maximum absolute atomic E-state index is 12.6. The van der Waals surface area contributed by atoms with Gasteiger partial charge in [-0.2, -0.15) is 0 Å². The molecule has 0 spiro atoms. The quantitative estimate of drug-likeness (QED) is 0.761. The number of rotatable bonds is 6. The van der Waals surface area contributed by atoms with E-state index in [1.54, 1.807) is 45.0 Å². The summed E-state index contributed by atoms with van der Waals surface area (Å²) in [5, 5.41) is 2.99. The molecule has 0 aliphatic heterocycles. The zero-order valence-electron chi connectivity index (χ0n) is 15.3. The zero-order valence-corrected chi connectivity index (χ0v) is 15.3. The number of fused-ring (bicyclic) bond motifs is 1. The number of nitrogens with one attached hydrogen (secondary N) is 1. The second-order valence-corrected chi connectivity index (χ2v) is 6.23. The minimum absolute atomic E-state index is 0.0803. The molecule has 0 bridgehead atoms. The van der Waals surface area contributed by atoms with Crippen LogP contribution in [-0.4, -0.2) is 33.2 Å². The van der Waals surface area contributed by atoms with E-state index in [1.807, 2.05) is 0 Å². The Labute approximate surface area is 150 Å². The number of hydrogen-bond donors (Lipinski definition) is 1. The first kappa shape index (κ1) is 19.4. The van der Waals surface area contributed by atoms with Gasteiger partial charge in [0.1, 0.15) is 6.54 Å². The Morgan fingerprint density at radius 2 is 1.77 bits per heavy atom. The van der Waals surface area contributed by atoms with E-state index in [-0.39, 0.29) is 19.1 Å². The van der Waals surface area contributed by atoms with Crippen LogP contribution in [0.25, 0.3) is 10.9 Å². The van der Waals surface area contributed by atoms with Crippen LogP contribution in [0.1, 0.15) is 27.7 Å². The summed E-state index contributed by atoms with van der Waals surface area (Å²) in [5.74, 6) is -1.14. The maximum Gasteiger partial charge on any atom is 0.332 e. The highest BCUT2D eigenvalue weighted by Gasteiger charge is 2.20. The van der Waals surface area contributed by atoms with Crippen LogP contribution in [0, 0.1) is 0 Å². The molecule has 1 aromatic heterocycles. The lowest BCUT2D eigenvalue weighted by Gasteiger charge is -2.17. The lowest BCUT2D eigenvalue weighted by molar-refractivity contribution is -0.155. The predicted octanol–water partition coefficient (Wildman–Crippen LogP) is 0.639. The summed E-state index contributed by atoms with van der Waals surface area (Å²) in [4.78, 5) is 49.1. The number of carbonyl (C=O) groups is 2. The molecule has 2 aromatic rings. The number of hydrogen-bond acceptors (Lipinski definition) is 5. The molecule has 0 radical (unpaired) electrons. The first-order chi connectivity index (χ1) is 12.3. The summed E-state index contributed by atoms with van der Waals surface area (Å²) in [6.45, 7) is 6.53. The molecule has 1 amide bonds. The molecule has 2 rings (SSSR count). The van der Waals surface area contributed by atoms with Crippen molar-refractivity contribution in [2.75, 3.05) is 0 Å². The lowest BCUT2D eigenvalue weighted by atomic mass is 10.2. The number of amides is 1. The van der Waals surface area contributed by atoms with Crippen molar-refractivity contribution in [2.45, 2.75) is 52.9 Å². The Hall–Kier alpha value is -2.90. The number of carbonyl (C=O) groups excluding carboxylic acids is 2. The number of ether oxygens (including phenoxy) is 1. The highest BCUT2D eigenvalue weighted by molar-refractivity contribution is 5.84. The molecular formula is C18H23N3O5. The van der Waals surface area contributed by atoms with Crippen LogP contribution in [-0.2, 0) is 27.4 Å². The summed E-state index contributed by atoms with van der Waals surface area (Å²) in [5.41, 5.74) is -0.640. The molecule has 26 heavy (non-hydrogen) atoms. The van der Waals surface area contributed by atoms with Crippen LogP contribution in [0.3, 0.4) is 0 Å². The minimum Gasteiger partial charge on any atom is -0.451 e. The molecule has 1 unspecified atom stereocenters. The van der Waals surface area contributed by atoms with Crippen LogP contribution < -0.4 is 16.6 Å². The maximum atomic E-state index is 12.6. The van der Waals surface area contributed by atoms with Crippen molar-refractivity contribution in [2.24, 2.45) is 0 Å². The van der Waals surface area contributed by atoms with Crippen molar-refractivity contribution in [3.8, 4) is 0 Å². The van der Waals surface area contributed by atoms with E-state index >= 15 is 0 Å². The van der Waals surface area contributed by atoms with Gasteiger partial charge in [0, 0.05) is 12.6 Å². The van der Waals surface area contributed by atoms with Crippen molar-refractivity contribution in [3.63, 3.8) is 0 Å². The van der Waals surface area contributed by atoms with Gasteiger partial charge in [-0.05, 0) is 39.8 Å². The fraction of sp³-hybridized carbons (Fsp3) is 0.444. The molecule has 8 nitrogen and oxygen atoms in total. The lowest BCUT2D eigenvalue weighted by Crippen LogP contribution is -2.42. The van der Waals surface area contributed by atoms with Crippen molar-refractivity contribution in [1.29, 1.82) is 0 Å². The molecular weight excluding hydrogens is 338 g/mol. The number of nitrogens with zero attached hydrogens (tertiary/aromatic N) is 2. The molecule has 0 aliphatic rings. The van der Waals surface area contributed by atoms with Crippen LogP contribution >= 0.6 is 0 Å². The third-order valence-corrected chi connectivity index (χ3v) is 3.84. The van der Waals surface area contributed by atoms with E-state index in [9.17, 15) is 19.2 Å². The van der Waals surface area contributed by atoms with Crippen molar-refractivity contribution < 1.29 is 14.3 Å². The minimum atomic E-state index is -0.982. The number of para-hydroxylation sites is 1. The van der Waals surface area contributed by atoms with Gasteiger partial charge in [0.05, 0.1) is 10.9 Å². The fourth-order valence-corrected chi connectivity index (χ4v) is 2.62. The second-order valence-electron chi connectivity index (χ2n) is 6.23. The SMILES string of the molecule is CCn1c(=O)c2ccccc2n(CC(=O)OC(C)C(=O)NC(C)C)c1=O. The third kappa shape index (κ3) is 4.01. The zero-order chi connectivity index (χ0) is 19.4. The van der Waals surface area contributed by atoms with Gasteiger partial charge in [0.2, 0.25) is 0 Å². The van der Waals surface area contributed by atoms with Crippen molar-refractivity contribution in [1.82, 2.24) is 14.5 Å². The van der Waals surface area contributed by atoms with E-state index in [0.29, 0.717) is 10.9 Å². The third-order valence-electron chi connectivity index (χ3n) is 3.84. The molecule has 0 saturated carbocycles. The van der Waals surface area contributed by atoms with Gasteiger partial charge in [-0.25, -0.2) is 4.79 Å². The van der Waals surface area contributed by atoms with Crippen molar-refractivity contribution in [3.05, 3.63) is 45.1 Å². The normalized spacial score (nSPS) is 12.2. The monoisotopic (exact) mass is 361 g/mol. The molecule has 1 aromatic carbocycles. The molecule has 0 saturated heterocycles. The van der Waals surface area contributed by atoms with Crippen LogP contribution in [0.2, 0.25) is 0 Å². The number of aromatic nitrogens is 2. The van der Waals surface area contributed by atoms with Gasteiger partial charge in [0.15, 0.2) is 6.10 Å². The van der Waals surface area contributed by atoms with Crippen molar-refractivity contribution >= 4 is 22.8 Å².